The number of halogens is 1. The van der Waals surface area contributed by atoms with Gasteiger partial charge in [0.15, 0.2) is 0 Å². The van der Waals surface area contributed by atoms with Crippen LogP contribution in [-0.2, 0) is 4.79 Å². The van der Waals surface area contributed by atoms with E-state index in [2.05, 4.69) is 38.7 Å². The minimum absolute atomic E-state index is 0.0216. The minimum atomic E-state index is 0.0216. The quantitative estimate of drug-likeness (QED) is 0.802. The van der Waals surface area contributed by atoms with Crippen molar-refractivity contribution in [2.45, 2.75) is 27.2 Å². The highest BCUT2D eigenvalue weighted by atomic mass is 79.9. The Balaban J connectivity index is 1.83. The van der Waals surface area contributed by atoms with Gasteiger partial charge >= 0.3 is 0 Å². The molecule has 0 aliphatic carbocycles. The number of nitrogens with one attached hydrogen (secondary N) is 2. The van der Waals surface area contributed by atoms with Gasteiger partial charge in [-0.25, -0.2) is 0 Å². The van der Waals surface area contributed by atoms with Crippen LogP contribution in [0.3, 0.4) is 0 Å². The second-order valence-corrected chi connectivity index (χ2v) is 6.36. The molecule has 0 aliphatic heterocycles. The Bertz CT molecular complexity index is 683. The number of carbonyl (C=O) groups excluding carboxylic acids is 1. The molecule has 0 aromatic heterocycles. The predicted octanol–water partition coefficient (Wildman–Crippen LogP) is 4.82. The lowest BCUT2D eigenvalue weighted by molar-refractivity contribution is -0.115. The van der Waals surface area contributed by atoms with Gasteiger partial charge in [-0.15, -0.1) is 0 Å². The smallest absolute Gasteiger partial charge is 0.226 e. The van der Waals surface area contributed by atoms with E-state index in [1.54, 1.807) is 0 Å². The van der Waals surface area contributed by atoms with Gasteiger partial charge in [0, 0.05) is 28.8 Å². The molecule has 0 heterocycles. The van der Waals surface area contributed by atoms with Gasteiger partial charge in [0.1, 0.15) is 0 Å². The molecule has 2 aromatic rings. The number of rotatable bonds is 5. The van der Waals surface area contributed by atoms with E-state index in [0.717, 1.165) is 21.4 Å². The molecule has 0 aliphatic rings. The molecule has 0 fully saturated rings. The Hall–Kier alpha value is -1.81. The molecule has 0 saturated heterocycles. The summed E-state index contributed by atoms with van der Waals surface area (Å²) in [5.41, 5.74) is 5.37. The molecule has 116 valence electrons. The highest BCUT2D eigenvalue weighted by Gasteiger charge is 2.05. The SMILES string of the molecule is Cc1ccc(NC(=O)CCNc2ccc(Br)c(C)c2)c(C)c1. The monoisotopic (exact) mass is 360 g/mol. The van der Waals surface area contributed by atoms with Crippen molar-refractivity contribution in [3.05, 3.63) is 57.6 Å². The first kappa shape index (κ1) is 16.6. The maximum Gasteiger partial charge on any atom is 0.226 e. The van der Waals surface area contributed by atoms with Crippen LogP contribution in [0, 0.1) is 20.8 Å². The predicted molar refractivity (Wildman–Crippen MR) is 96.5 cm³/mol. The van der Waals surface area contributed by atoms with Gasteiger partial charge in [0.25, 0.3) is 0 Å². The van der Waals surface area contributed by atoms with Gasteiger partial charge in [-0.2, -0.15) is 0 Å². The molecular formula is C18H21BrN2O. The van der Waals surface area contributed by atoms with E-state index in [-0.39, 0.29) is 5.91 Å². The van der Waals surface area contributed by atoms with Crippen molar-refractivity contribution in [1.29, 1.82) is 0 Å². The summed E-state index contributed by atoms with van der Waals surface area (Å²) < 4.78 is 1.09. The van der Waals surface area contributed by atoms with Crippen LogP contribution in [0.2, 0.25) is 0 Å². The first-order valence-electron chi connectivity index (χ1n) is 7.33. The second-order valence-electron chi connectivity index (χ2n) is 5.51. The van der Waals surface area contributed by atoms with E-state index < -0.39 is 0 Å². The number of carbonyl (C=O) groups is 1. The number of hydrogen-bond acceptors (Lipinski definition) is 2. The average Bonchev–Trinajstić information content (AvgIpc) is 2.46. The fraction of sp³-hybridized carbons (Fsp3) is 0.278. The Morgan fingerprint density at radius 3 is 2.50 bits per heavy atom. The van der Waals surface area contributed by atoms with Gasteiger partial charge in [0.05, 0.1) is 0 Å². The van der Waals surface area contributed by atoms with E-state index in [0.29, 0.717) is 13.0 Å². The van der Waals surface area contributed by atoms with E-state index in [1.165, 1.54) is 11.1 Å². The molecule has 0 spiro atoms. The van der Waals surface area contributed by atoms with E-state index in [4.69, 9.17) is 0 Å². The van der Waals surface area contributed by atoms with Crippen molar-refractivity contribution in [1.82, 2.24) is 0 Å². The topological polar surface area (TPSA) is 41.1 Å². The van der Waals surface area contributed by atoms with Gasteiger partial charge < -0.3 is 10.6 Å². The molecule has 22 heavy (non-hydrogen) atoms. The highest BCUT2D eigenvalue weighted by molar-refractivity contribution is 9.10. The third-order valence-electron chi connectivity index (χ3n) is 3.50. The van der Waals surface area contributed by atoms with Crippen LogP contribution >= 0.6 is 15.9 Å². The van der Waals surface area contributed by atoms with E-state index in [9.17, 15) is 4.79 Å². The van der Waals surface area contributed by atoms with Crippen LogP contribution in [-0.4, -0.2) is 12.5 Å². The van der Waals surface area contributed by atoms with Crippen LogP contribution in [0.25, 0.3) is 0 Å². The molecule has 0 saturated carbocycles. The van der Waals surface area contributed by atoms with Gasteiger partial charge in [0.2, 0.25) is 5.91 Å². The fourth-order valence-corrected chi connectivity index (χ4v) is 2.49. The summed E-state index contributed by atoms with van der Waals surface area (Å²) in [6.45, 7) is 6.70. The van der Waals surface area contributed by atoms with Crippen LogP contribution < -0.4 is 10.6 Å². The fourth-order valence-electron chi connectivity index (χ4n) is 2.24. The number of aryl methyl sites for hydroxylation is 3. The van der Waals surface area contributed by atoms with Gasteiger partial charge in [-0.3, -0.25) is 4.79 Å². The summed E-state index contributed by atoms with van der Waals surface area (Å²) >= 11 is 3.48. The van der Waals surface area contributed by atoms with Crippen molar-refractivity contribution in [3.63, 3.8) is 0 Å². The van der Waals surface area contributed by atoms with Crippen molar-refractivity contribution in [2.24, 2.45) is 0 Å². The molecule has 0 atom stereocenters. The summed E-state index contributed by atoms with van der Waals surface area (Å²) in [5, 5.41) is 6.23. The lowest BCUT2D eigenvalue weighted by atomic mass is 10.1. The van der Waals surface area contributed by atoms with Gasteiger partial charge in [-0.1, -0.05) is 33.6 Å². The summed E-state index contributed by atoms with van der Waals surface area (Å²) in [4.78, 5) is 12.0. The number of benzene rings is 2. The second kappa shape index (κ2) is 7.45. The Labute approximate surface area is 140 Å². The van der Waals surface area contributed by atoms with Crippen LogP contribution in [0.1, 0.15) is 23.1 Å². The first-order chi connectivity index (χ1) is 10.5. The molecule has 2 aromatic carbocycles. The lowest BCUT2D eigenvalue weighted by Gasteiger charge is -2.10. The molecular weight excluding hydrogens is 340 g/mol. The molecule has 0 unspecified atom stereocenters. The summed E-state index contributed by atoms with van der Waals surface area (Å²) in [7, 11) is 0. The first-order valence-corrected chi connectivity index (χ1v) is 8.12. The molecule has 3 nitrogen and oxygen atoms in total. The maximum atomic E-state index is 12.0. The number of anilines is 2. The third-order valence-corrected chi connectivity index (χ3v) is 4.38. The van der Waals surface area contributed by atoms with Crippen LogP contribution in [0.15, 0.2) is 40.9 Å². The molecule has 1 amide bonds. The van der Waals surface area contributed by atoms with E-state index >= 15 is 0 Å². The Morgan fingerprint density at radius 2 is 1.82 bits per heavy atom. The average molecular weight is 361 g/mol. The summed E-state index contributed by atoms with van der Waals surface area (Å²) in [5.74, 6) is 0.0216. The van der Waals surface area contributed by atoms with Crippen molar-refractivity contribution >= 4 is 33.2 Å². The number of hydrogen-bond donors (Lipinski definition) is 2. The van der Waals surface area contributed by atoms with Gasteiger partial charge in [-0.05, 0) is 56.2 Å². The highest BCUT2D eigenvalue weighted by Crippen LogP contribution is 2.20. The normalized spacial score (nSPS) is 10.4. The lowest BCUT2D eigenvalue weighted by Crippen LogP contribution is -2.16. The van der Waals surface area contributed by atoms with Crippen molar-refractivity contribution in [2.75, 3.05) is 17.2 Å². The van der Waals surface area contributed by atoms with Crippen molar-refractivity contribution < 1.29 is 4.79 Å². The standard InChI is InChI=1S/C18H21BrN2O/c1-12-4-7-17(14(3)10-12)21-18(22)8-9-20-15-5-6-16(19)13(2)11-15/h4-7,10-11,20H,8-9H2,1-3H3,(H,21,22). The zero-order chi connectivity index (χ0) is 16.1. The molecule has 2 rings (SSSR count). The summed E-state index contributed by atoms with van der Waals surface area (Å²) in [6, 6.07) is 12.1. The Kier molecular flexibility index (Phi) is 5.61. The largest absolute Gasteiger partial charge is 0.385 e. The van der Waals surface area contributed by atoms with Crippen LogP contribution in [0.4, 0.5) is 11.4 Å². The molecule has 0 radical (unpaired) electrons. The molecule has 2 N–H and O–H groups in total. The zero-order valence-electron chi connectivity index (χ0n) is 13.2. The Morgan fingerprint density at radius 1 is 1.05 bits per heavy atom. The summed E-state index contributed by atoms with van der Waals surface area (Å²) in [6.07, 6.45) is 0.433. The van der Waals surface area contributed by atoms with Crippen molar-refractivity contribution in [3.8, 4) is 0 Å². The molecule has 0 bridgehead atoms. The van der Waals surface area contributed by atoms with E-state index in [1.807, 2.05) is 45.0 Å². The van der Waals surface area contributed by atoms with Crippen LogP contribution in [0.5, 0.6) is 0 Å². The number of amides is 1. The zero-order valence-corrected chi connectivity index (χ0v) is 14.8. The molecule has 4 heteroatoms. The maximum absolute atomic E-state index is 12.0. The third kappa shape index (κ3) is 4.60. The minimum Gasteiger partial charge on any atom is -0.385 e.